The molecule has 1 saturated heterocycles. The van der Waals surface area contributed by atoms with Gasteiger partial charge in [0.05, 0.1) is 11.0 Å². The quantitative estimate of drug-likeness (QED) is 0.856. The molecule has 1 aliphatic carbocycles. The molecule has 120 valence electrons. The summed E-state index contributed by atoms with van der Waals surface area (Å²) in [5.74, 6) is -0.151. The molecule has 0 bridgehead atoms. The summed E-state index contributed by atoms with van der Waals surface area (Å²) in [4.78, 5) is 36.3. The van der Waals surface area contributed by atoms with Crippen molar-refractivity contribution < 1.29 is 9.59 Å². The molecule has 1 atom stereocenters. The molecule has 2 aliphatic rings. The number of amides is 2. The molecule has 2 heterocycles. The van der Waals surface area contributed by atoms with Gasteiger partial charge in [-0.1, -0.05) is 18.6 Å². The van der Waals surface area contributed by atoms with E-state index in [0.29, 0.717) is 12.3 Å². The summed E-state index contributed by atoms with van der Waals surface area (Å²) in [6.45, 7) is 0. The van der Waals surface area contributed by atoms with Gasteiger partial charge in [-0.05, 0) is 36.8 Å². The summed E-state index contributed by atoms with van der Waals surface area (Å²) in [5.41, 5.74) is 2.71. The van der Waals surface area contributed by atoms with Gasteiger partial charge in [-0.2, -0.15) is 0 Å². The van der Waals surface area contributed by atoms with Gasteiger partial charge in [-0.15, -0.1) is 0 Å². The number of imidazole rings is 1. The molecule has 1 aromatic heterocycles. The van der Waals surface area contributed by atoms with Gasteiger partial charge in [0.2, 0.25) is 11.8 Å². The number of imide groups is 1. The van der Waals surface area contributed by atoms with Gasteiger partial charge in [0.25, 0.3) is 0 Å². The van der Waals surface area contributed by atoms with Crippen LogP contribution in [0.25, 0.3) is 11.0 Å². The van der Waals surface area contributed by atoms with Crippen LogP contribution in [0.3, 0.4) is 0 Å². The van der Waals surface area contributed by atoms with Crippen LogP contribution >= 0.6 is 0 Å². The summed E-state index contributed by atoms with van der Waals surface area (Å²) in [5, 5.41) is 2.34. The summed E-state index contributed by atoms with van der Waals surface area (Å²) in [6.07, 6.45) is 4.16. The average molecular weight is 313 g/mol. The predicted molar refractivity (Wildman–Crippen MR) is 85.2 cm³/mol. The Balaban J connectivity index is 1.91. The van der Waals surface area contributed by atoms with Gasteiger partial charge >= 0.3 is 5.69 Å². The molecule has 1 aliphatic heterocycles. The minimum Gasteiger partial charge on any atom is -0.295 e. The molecule has 6 nitrogen and oxygen atoms in total. The van der Waals surface area contributed by atoms with Gasteiger partial charge in [-0.25, -0.2) is 4.79 Å². The fourth-order valence-corrected chi connectivity index (χ4v) is 3.75. The Morgan fingerprint density at radius 3 is 2.57 bits per heavy atom. The first-order valence-electron chi connectivity index (χ1n) is 8.11. The van der Waals surface area contributed by atoms with Crippen LogP contribution in [0.1, 0.15) is 49.6 Å². The monoisotopic (exact) mass is 313 g/mol. The highest BCUT2D eigenvalue weighted by Gasteiger charge is 2.32. The number of aromatic nitrogens is 2. The van der Waals surface area contributed by atoms with Crippen LogP contribution in [0.5, 0.6) is 0 Å². The molecular weight excluding hydrogens is 294 g/mol. The Labute approximate surface area is 133 Å². The predicted octanol–water partition coefficient (Wildman–Crippen LogP) is 1.59. The van der Waals surface area contributed by atoms with E-state index in [1.165, 1.54) is 12.0 Å². The number of nitrogens with one attached hydrogen (secondary N) is 1. The lowest BCUT2D eigenvalue weighted by Gasteiger charge is -2.26. The summed E-state index contributed by atoms with van der Waals surface area (Å²) in [6, 6.07) is 5.32. The van der Waals surface area contributed by atoms with Gasteiger partial charge in [0.15, 0.2) is 0 Å². The molecule has 2 fully saturated rings. The highest BCUT2D eigenvalue weighted by Crippen LogP contribution is 2.39. The largest absolute Gasteiger partial charge is 0.329 e. The average Bonchev–Trinajstić information content (AvgIpc) is 2.71. The van der Waals surface area contributed by atoms with Gasteiger partial charge in [-0.3, -0.25) is 24.0 Å². The molecule has 2 amide bonds. The highest BCUT2D eigenvalue weighted by atomic mass is 16.2. The van der Waals surface area contributed by atoms with Crippen molar-refractivity contribution in [3.05, 3.63) is 34.2 Å². The third-order valence-corrected chi connectivity index (χ3v) is 5.20. The van der Waals surface area contributed by atoms with Crippen molar-refractivity contribution in [3.8, 4) is 0 Å². The molecule has 1 unspecified atom stereocenters. The number of hydrogen-bond donors (Lipinski definition) is 1. The van der Waals surface area contributed by atoms with Crippen LogP contribution in [-0.4, -0.2) is 20.9 Å². The Morgan fingerprint density at radius 2 is 1.91 bits per heavy atom. The second-order valence-corrected chi connectivity index (χ2v) is 6.52. The zero-order valence-corrected chi connectivity index (χ0v) is 13.0. The number of rotatable bonds is 2. The Kier molecular flexibility index (Phi) is 3.14. The highest BCUT2D eigenvalue weighted by molar-refractivity contribution is 6.00. The Morgan fingerprint density at radius 1 is 1.13 bits per heavy atom. The summed E-state index contributed by atoms with van der Waals surface area (Å²) < 4.78 is 3.20. The van der Waals surface area contributed by atoms with Crippen molar-refractivity contribution in [3.63, 3.8) is 0 Å². The van der Waals surface area contributed by atoms with Gasteiger partial charge < -0.3 is 0 Å². The Bertz CT molecular complexity index is 873. The molecule has 0 radical (unpaired) electrons. The molecular formula is C17H19N3O3. The number of carbonyl (C=O) groups is 2. The zero-order valence-electron chi connectivity index (χ0n) is 13.0. The molecule has 2 aromatic rings. The number of para-hydroxylation sites is 1. The fourth-order valence-electron chi connectivity index (χ4n) is 3.75. The standard InChI is InChI=1S/C17H19N3O3/c1-19-15-11(10-4-2-5-10)6-3-7-12(15)20(17(19)23)13-8-9-14(21)18-16(13)22/h3,6-7,10,13H,2,4-5,8-9H2,1H3,(H,18,21,22). The summed E-state index contributed by atoms with van der Waals surface area (Å²) >= 11 is 0. The summed E-state index contributed by atoms with van der Waals surface area (Å²) in [7, 11) is 1.76. The molecule has 6 heteroatoms. The number of benzene rings is 1. The lowest BCUT2D eigenvalue weighted by molar-refractivity contribution is -0.135. The SMILES string of the molecule is Cn1c(=O)n(C2CCC(=O)NC2=O)c2cccc(C3CCC3)c21. The van der Waals surface area contributed by atoms with Crippen LogP contribution in [0.4, 0.5) is 0 Å². The van der Waals surface area contributed by atoms with E-state index in [9.17, 15) is 14.4 Å². The van der Waals surface area contributed by atoms with E-state index >= 15 is 0 Å². The van der Waals surface area contributed by atoms with E-state index in [4.69, 9.17) is 0 Å². The lowest BCUT2D eigenvalue weighted by Crippen LogP contribution is -2.44. The van der Waals surface area contributed by atoms with Crippen molar-refractivity contribution in [1.82, 2.24) is 14.5 Å². The maximum Gasteiger partial charge on any atom is 0.329 e. The van der Waals surface area contributed by atoms with E-state index in [-0.39, 0.29) is 23.9 Å². The van der Waals surface area contributed by atoms with E-state index in [2.05, 4.69) is 11.4 Å². The number of piperidine rings is 1. The van der Waals surface area contributed by atoms with Crippen LogP contribution < -0.4 is 11.0 Å². The molecule has 1 aromatic carbocycles. The molecule has 0 spiro atoms. The third-order valence-electron chi connectivity index (χ3n) is 5.20. The zero-order chi connectivity index (χ0) is 16.1. The second kappa shape index (κ2) is 5.08. The molecule has 1 saturated carbocycles. The van der Waals surface area contributed by atoms with Crippen LogP contribution in [0.15, 0.2) is 23.0 Å². The van der Waals surface area contributed by atoms with Crippen molar-refractivity contribution in [1.29, 1.82) is 0 Å². The topological polar surface area (TPSA) is 73.1 Å². The normalized spacial score (nSPS) is 22.2. The van der Waals surface area contributed by atoms with E-state index < -0.39 is 6.04 Å². The third kappa shape index (κ3) is 2.04. The number of nitrogens with zero attached hydrogens (tertiary/aromatic N) is 2. The number of carbonyl (C=O) groups excluding carboxylic acids is 2. The maximum atomic E-state index is 12.8. The smallest absolute Gasteiger partial charge is 0.295 e. The van der Waals surface area contributed by atoms with Crippen molar-refractivity contribution in [2.24, 2.45) is 7.05 Å². The second-order valence-electron chi connectivity index (χ2n) is 6.52. The van der Waals surface area contributed by atoms with E-state index in [1.807, 2.05) is 12.1 Å². The fraction of sp³-hybridized carbons (Fsp3) is 0.471. The number of hydrogen-bond acceptors (Lipinski definition) is 3. The minimum atomic E-state index is -0.611. The van der Waals surface area contributed by atoms with Gasteiger partial charge in [0.1, 0.15) is 6.04 Å². The van der Waals surface area contributed by atoms with Crippen LogP contribution in [0, 0.1) is 0 Å². The lowest BCUT2D eigenvalue weighted by atomic mass is 9.79. The minimum absolute atomic E-state index is 0.193. The van der Waals surface area contributed by atoms with Crippen LogP contribution in [-0.2, 0) is 16.6 Å². The van der Waals surface area contributed by atoms with Crippen LogP contribution in [0.2, 0.25) is 0 Å². The number of fused-ring (bicyclic) bond motifs is 1. The molecule has 23 heavy (non-hydrogen) atoms. The van der Waals surface area contributed by atoms with Gasteiger partial charge in [0, 0.05) is 13.5 Å². The van der Waals surface area contributed by atoms with Crippen molar-refractivity contribution in [2.45, 2.75) is 44.1 Å². The molecule has 4 rings (SSSR count). The van der Waals surface area contributed by atoms with Crippen molar-refractivity contribution in [2.75, 3.05) is 0 Å². The maximum absolute atomic E-state index is 12.8. The first-order valence-corrected chi connectivity index (χ1v) is 8.11. The van der Waals surface area contributed by atoms with Crippen molar-refractivity contribution >= 4 is 22.8 Å². The first kappa shape index (κ1) is 14.2. The van der Waals surface area contributed by atoms with E-state index in [1.54, 1.807) is 16.2 Å². The molecule has 1 N–H and O–H groups in total. The Hall–Kier alpha value is -2.37. The van der Waals surface area contributed by atoms with E-state index in [0.717, 1.165) is 23.9 Å². The first-order chi connectivity index (χ1) is 11.1. The number of aryl methyl sites for hydroxylation is 1.